The van der Waals surface area contributed by atoms with Crippen LogP contribution in [0.4, 0.5) is 4.79 Å². The zero-order valence-electron chi connectivity index (χ0n) is 22.8. The van der Waals surface area contributed by atoms with Crippen molar-refractivity contribution in [1.29, 1.82) is 0 Å². The van der Waals surface area contributed by atoms with Gasteiger partial charge in [0.2, 0.25) is 0 Å². The van der Waals surface area contributed by atoms with Crippen molar-refractivity contribution >= 4 is 24.6 Å². The lowest BCUT2D eigenvalue weighted by atomic mass is 9.91. The maximum Gasteiger partial charge on any atom is 0.410 e. The fourth-order valence-corrected chi connectivity index (χ4v) is 5.93. The first-order chi connectivity index (χ1) is 14.6. The molecule has 0 aliphatic carbocycles. The summed E-state index contributed by atoms with van der Waals surface area (Å²) in [6, 6.07) is -0.336. The van der Waals surface area contributed by atoms with Gasteiger partial charge in [-0.1, -0.05) is 20.8 Å². The van der Waals surface area contributed by atoms with Crippen molar-refractivity contribution in [2.75, 3.05) is 19.7 Å². The number of hydrogen-bond acceptors (Lipinski definition) is 5. The van der Waals surface area contributed by atoms with E-state index in [0.717, 1.165) is 12.8 Å². The molecule has 0 aromatic heterocycles. The number of piperidine rings is 1. The molecule has 0 aromatic carbocycles. The molecule has 1 atom stereocenters. The molecule has 1 aliphatic rings. The van der Waals surface area contributed by atoms with E-state index in [9.17, 15) is 13.2 Å². The molecule has 10 heteroatoms. The van der Waals surface area contributed by atoms with Crippen molar-refractivity contribution in [1.82, 2.24) is 14.3 Å². The molecule has 1 saturated heterocycles. The van der Waals surface area contributed by atoms with Crippen LogP contribution in [0.25, 0.3) is 0 Å². The van der Waals surface area contributed by atoms with Crippen LogP contribution in [0, 0.1) is 5.92 Å². The lowest BCUT2D eigenvalue weighted by Gasteiger charge is -2.38. The van der Waals surface area contributed by atoms with Gasteiger partial charge in [0.05, 0.1) is 6.61 Å². The summed E-state index contributed by atoms with van der Waals surface area (Å²) in [6.07, 6.45) is 2.00. The molecule has 196 valence electrons. The van der Waals surface area contributed by atoms with Crippen molar-refractivity contribution in [3.8, 4) is 0 Å². The van der Waals surface area contributed by atoms with Gasteiger partial charge in [-0.2, -0.15) is 17.9 Å². The van der Waals surface area contributed by atoms with Crippen molar-refractivity contribution < 1.29 is 22.4 Å². The Kier molecular flexibility index (Phi) is 10.1. The Morgan fingerprint density at radius 2 is 1.55 bits per heavy atom. The van der Waals surface area contributed by atoms with E-state index in [1.807, 2.05) is 41.5 Å². The quantitative estimate of drug-likeness (QED) is 0.467. The lowest BCUT2D eigenvalue weighted by molar-refractivity contribution is 0.0176. The highest BCUT2D eigenvalue weighted by Crippen LogP contribution is 2.37. The lowest BCUT2D eigenvalue weighted by Crippen LogP contribution is -2.53. The largest absolute Gasteiger partial charge is 0.444 e. The summed E-state index contributed by atoms with van der Waals surface area (Å²) in [7, 11) is -5.72. The van der Waals surface area contributed by atoms with Gasteiger partial charge in [0.25, 0.3) is 10.2 Å². The van der Waals surface area contributed by atoms with Gasteiger partial charge < -0.3 is 14.1 Å². The predicted molar refractivity (Wildman–Crippen MR) is 137 cm³/mol. The van der Waals surface area contributed by atoms with Crippen LogP contribution < -0.4 is 9.44 Å². The van der Waals surface area contributed by atoms with E-state index in [0.29, 0.717) is 32.0 Å². The molecular formula is C23H49N3O5SSi. The Morgan fingerprint density at radius 1 is 1.03 bits per heavy atom. The van der Waals surface area contributed by atoms with Crippen LogP contribution in [0.2, 0.25) is 18.1 Å². The van der Waals surface area contributed by atoms with Crippen molar-refractivity contribution in [2.24, 2.45) is 5.92 Å². The molecule has 1 amide bonds. The highest BCUT2D eigenvalue weighted by molar-refractivity contribution is 7.87. The maximum absolute atomic E-state index is 12.8. The molecule has 2 N–H and O–H groups in total. The van der Waals surface area contributed by atoms with E-state index in [4.69, 9.17) is 9.16 Å². The number of nitrogens with one attached hydrogen (secondary N) is 2. The molecule has 0 aromatic rings. The second-order valence-corrected chi connectivity index (χ2v) is 19.1. The molecule has 0 saturated carbocycles. The molecule has 8 nitrogen and oxygen atoms in total. The Balaban J connectivity index is 2.83. The highest BCUT2D eigenvalue weighted by Gasteiger charge is 2.38. The van der Waals surface area contributed by atoms with Gasteiger partial charge in [-0.3, -0.25) is 0 Å². The monoisotopic (exact) mass is 507 g/mol. The van der Waals surface area contributed by atoms with Crippen LogP contribution in [-0.4, -0.2) is 64.6 Å². The number of ether oxygens (including phenoxy) is 1. The second kappa shape index (κ2) is 10.9. The summed E-state index contributed by atoms with van der Waals surface area (Å²) in [5.41, 5.74) is -1.09. The number of hydrogen-bond donors (Lipinski definition) is 2. The third-order valence-electron chi connectivity index (χ3n) is 6.10. The molecule has 0 radical (unpaired) electrons. The Labute approximate surface area is 203 Å². The summed E-state index contributed by atoms with van der Waals surface area (Å²) >= 11 is 0. The average molecular weight is 508 g/mol. The minimum absolute atomic E-state index is 0.0405. The first kappa shape index (κ1) is 30.3. The summed E-state index contributed by atoms with van der Waals surface area (Å²) in [6.45, 7) is 23.5. The third-order valence-corrected chi connectivity index (χ3v) is 12.1. The van der Waals surface area contributed by atoms with Crippen LogP contribution in [-0.2, 0) is 19.4 Å². The summed E-state index contributed by atoms with van der Waals surface area (Å²) < 4.78 is 42.9. The Morgan fingerprint density at radius 3 is 1.97 bits per heavy atom. The Bertz CT molecular complexity index is 744. The van der Waals surface area contributed by atoms with Gasteiger partial charge in [-0.15, -0.1) is 0 Å². The molecule has 1 heterocycles. The predicted octanol–water partition coefficient (Wildman–Crippen LogP) is 4.64. The number of nitrogens with zero attached hydrogens (tertiary/aromatic N) is 1. The van der Waals surface area contributed by atoms with E-state index < -0.39 is 29.7 Å². The maximum atomic E-state index is 12.8. The fraction of sp³-hybridized carbons (Fsp3) is 0.957. The number of rotatable bonds is 8. The van der Waals surface area contributed by atoms with E-state index in [2.05, 4.69) is 43.3 Å². The molecule has 1 rings (SSSR count). The normalized spacial score (nSPS) is 18.3. The summed E-state index contributed by atoms with van der Waals surface area (Å²) in [5, 5.41) is 0.0405. The third kappa shape index (κ3) is 11.5. The second-order valence-electron chi connectivity index (χ2n) is 12.9. The number of carbonyl (C=O) groups is 1. The average Bonchev–Trinajstić information content (AvgIpc) is 2.55. The van der Waals surface area contributed by atoms with Gasteiger partial charge in [-0.05, 0) is 84.9 Å². The highest BCUT2D eigenvalue weighted by atomic mass is 32.2. The van der Waals surface area contributed by atoms with Crippen molar-refractivity contribution in [3.05, 3.63) is 0 Å². The van der Waals surface area contributed by atoms with E-state index in [1.165, 1.54) is 0 Å². The van der Waals surface area contributed by atoms with E-state index >= 15 is 0 Å². The molecule has 0 bridgehead atoms. The number of likely N-dealkylation sites (tertiary alicyclic amines) is 1. The van der Waals surface area contributed by atoms with Crippen LogP contribution in [0.5, 0.6) is 0 Å². The van der Waals surface area contributed by atoms with Gasteiger partial charge in [0.1, 0.15) is 5.60 Å². The standard InChI is InChI=1S/C23H49N3O5SSi/c1-21(2,3)25-32(28,29)24-19(17-30-33(10,11)23(7,8)9)16-18-12-14-26(15-13-18)20(27)31-22(4,5)6/h18-19,24-25H,12-17H2,1-11H3/t19-/m1/s1. The molecule has 1 fully saturated rings. The van der Waals surface area contributed by atoms with Crippen LogP contribution in [0.1, 0.15) is 81.6 Å². The molecular weight excluding hydrogens is 458 g/mol. The van der Waals surface area contributed by atoms with E-state index in [-0.39, 0.29) is 17.2 Å². The molecule has 0 spiro atoms. The molecule has 1 aliphatic heterocycles. The van der Waals surface area contributed by atoms with Crippen molar-refractivity contribution in [2.45, 2.75) is 117 Å². The van der Waals surface area contributed by atoms with Crippen LogP contribution in [0.15, 0.2) is 0 Å². The number of carbonyl (C=O) groups excluding carboxylic acids is 1. The number of amides is 1. The van der Waals surface area contributed by atoms with Gasteiger partial charge >= 0.3 is 6.09 Å². The van der Waals surface area contributed by atoms with Gasteiger partial charge in [0, 0.05) is 24.7 Å². The smallest absolute Gasteiger partial charge is 0.410 e. The van der Waals surface area contributed by atoms with Crippen LogP contribution in [0.3, 0.4) is 0 Å². The summed E-state index contributed by atoms with van der Waals surface area (Å²) in [4.78, 5) is 14.1. The SMILES string of the molecule is CC(C)(C)NS(=O)(=O)N[C@@H](CO[Si](C)(C)C(C)(C)C)CC1CCN(C(=O)OC(C)(C)C)CC1. The fourth-order valence-electron chi connectivity index (χ4n) is 3.41. The molecule has 0 unspecified atom stereocenters. The molecule has 33 heavy (non-hydrogen) atoms. The van der Waals surface area contributed by atoms with E-state index in [1.54, 1.807) is 4.90 Å². The van der Waals surface area contributed by atoms with Crippen molar-refractivity contribution in [3.63, 3.8) is 0 Å². The van der Waals surface area contributed by atoms with Gasteiger partial charge in [-0.25, -0.2) is 4.79 Å². The van der Waals surface area contributed by atoms with Gasteiger partial charge in [0.15, 0.2) is 8.32 Å². The first-order valence-electron chi connectivity index (χ1n) is 12.0. The van der Waals surface area contributed by atoms with Crippen LogP contribution >= 0.6 is 0 Å². The first-order valence-corrected chi connectivity index (χ1v) is 16.4. The zero-order valence-corrected chi connectivity index (χ0v) is 24.6. The minimum Gasteiger partial charge on any atom is -0.444 e. The Hall–Kier alpha value is -0.683. The summed E-state index contributed by atoms with van der Waals surface area (Å²) in [5.74, 6) is 0.300. The minimum atomic E-state index is -3.69. The zero-order chi connectivity index (χ0) is 25.9. The topological polar surface area (TPSA) is 97.0 Å².